The smallest absolute Gasteiger partial charge is 0.341 e. The Balaban J connectivity index is 2.28. The Morgan fingerprint density at radius 1 is 1.63 bits per heavy atom. The van der Waals surface area contributed by atoms with Gasteiger partial charge in [0.05, 0.1) is 6.61 Å². The third-order valence-electron chi connectivity index (χ3n) is 3.53. The molecule has 1 aliphatic carbocycles. The lowest BCUT2D eigenvalue weighted by Crippen LogP contribution is -2.39. The Hall–Kier alpha value is -1.69. The van der Waals surface area contributed by atoms with Crippen LogP contribution in [0.4, 0.5) is 5.82 Å². The highest BCUT2D eigenvalue weighted by Gasteiger charge is 2.34. The van der Waals surface area contributed by atoms with Crippen LogP contribution in [0.2, 0.25) is 0 Å². The van der Waals surface area contributed by atoms with Gasteiger partial charge in [-0.15, -0.1) is 0 Å². The number of carboxylic acid groups (broad SMARTS) is 1. The van der Waals surface area contributed by atoms with Crippen LogP contribution >= 0.6 is 0 Å². The molecule has 1 aliphatic rings. The quantitative estimate of drug-likeness (QED) is 0.803. The van der Waals surface area contributed by atoms with Crippen LogP contribution in [0.5, 0.6) is 0 Å². The number of anilines is 1. The van der Waals surface area contributed by atoms with Gasteiger partial charge in [-0.1, -0.05) is 0 Å². The second-order valence-electron chi connectivity index (χ2n) is 4.83. The molecule has 1 N–H and O–H groups in total. The summed E-state index contributed by atoms with van der Waals surface area (Å²) in [4.78, 5) is 21.3. The fourth-order valence-corrected chi connectivity index (χ4v) is 2.23. The van der Waals surface area contributed by atoms with Crippen molar-refractivity contribution in [3.05, 3.63) is 18.1 Å². The van der Waals surface area contributed by atoms with Crippen LogP contribution < -0.4 is 4.90 Å². The largest absolute Gasteiger partial charge is 0.477 e. The second-order valence-corrected chi connectivity index (χ2v) is 4.83. The number of hydrogen-bond acceptors (Lipinski definition) is 5. The van der Waals surface area contributed by atoms with Gasteiger partial charge >= 0.3 is 5.97 Å². The summed E-state index contributed by atoms with van der Waals surface area (Å²) in [5, 5.41) is 9.24. The molecule has 0 bridgehead atoms. The summed E-state index contributed by atoms with van der Waals surface area (Å²) in [7, 11) is 1.64. The Morgan fingerprint density at radius 3 is 2.95 bits per heavy atom. The van der Waals surface area contributed by atoms with Crippen molar-refractivity contribution in [2.45, 2.75) is 25.8 Å². The minimum Gasteiger partial charge on any atom is -0.477 e. The molecule has 1 aromatic heterocycles. The van der Waals surface area contributed by atoms with Crippen molar-refractivity contribution in [3.8, 4) is 0 Å². The summed E-state index contributed by atoms with van der Waals surface area (Å²) in [6.45, 7) is 3.28. The first-order valence-corrected chi connectivity index (χ1v) is 6.44. The average Bonchev–Trinajstić information content (AvgIpc) is 3.23. The van der Waals surface area contributed by atoms with Crippen molar-refractivity contribution in [1.82, 2.24) is 9.97 Å². The molecule has 0 aliphatic heterocycles. The van der Waals surface area contributed by atoms with E-state index < -0.39 is 5.97 Å². The van der Waals surface area contributed by atoms with Crippen molar-refractivity contribution < 1.29 is 14.6 Å². The molecule has 1 heterocycles. The van der Waals surface area contributed by atoms with Gasteiger partial charge in [-0.05, 0) is 25.7 Å². The summed E-state index contributed by atoms with van der Waals surface area (Å²) in [6.07, 6.45) is 5.13. The van der Waals surface area contributed by atoms with E-state index >= 15 is 0 Å². The summed E-state index contributed by atoms with van der Waals surface area (Å²) in [5.41, 5.74) is 0.145. The first kappa shape index (κ1) is 13.7. The molecule has 6 heteroatoms. The lowest BCUT2D eigenvalue weighted by molar-refractivity contribution is 0.0696. The molecule has 2 rings (SSSR count). The molecule has 1 unspecified atom stereocenters. The summed E-state index contributed by atoms with van der Waals surface area (Å²) < 4.78 is 5.11. The highest BCUT2D eigenvalue weighted by atomic mass is 16.5. The van der Waals surface area contributed by atoms with Crippen LogP contribution in [0, 0.1) is 5.92 Å². The number of nitrogens with zero attached hydrogens (tertiary/aromatic N) is 3. The van der Waals surface area contributed by atoms with Gasteiger partial charge in [0.2, 0.25) is 0 Å². The third kappa shape index (κ3) is 3.20. The molecule has 1 atom stereocenters. The van der Waals surface area contributed by atoms with Gasteiger partial charge in [0, 0.05) is 25.9 Å². The molecule has 1 saturated carbocycles. The number of carboxylic acids is 1. The van der Waals surface area contributed by atoms with E-state index in [-0.39, 0.29) is 11.6 Å². The lowest BCUT2D eigenvalue weighted by Gasteiger charge is -2.31. The minimum absolute atomic E-state index is 0.145. The standard InChI is InChI=1S/C13H19N3O3/c1-9(10-3-4-10)16(5-6-19-2)12-11(13(17)18)7-14-8-15-12/h7-10H,3-6H2,1-2H3,(H,17,18). The molecule has 19 heavy (non-hydrogen) atoms. The number of methoxy groups -OCH3 is 1. The van der Waals surface area contributed by atoms with Gasteiger partial charge in [0.15, 0.2) is 0 Å². The van der Waals surface area contributed by atoms with Gasteiger partial charge in [0.1, 0.15) is 17.7 Å². The molecule has 0 aromatic carbocycles. The van der Waals surface area contributed by atoms with E-state index in [1.54, 1.807) is 7.11 Å². The highest BCUT2D eigenvalue weighted by Crippen LogP contribution is 2.36. The minimum atomic E-state index is -0.999. The summed E-state index contributed by atoms with van der Waals surface area (Å²) >= 11 is 0. The van der Waals surface area contributed by atoms with Crippen molar-refractivity contribution >= 4 is 11.8 Å². The normalized spacial score (nSPS) is 16.1. The topological polar surface area (TPSA) is 75.5 Å². The lowest BCUT2D eigenvalue weighted by atomic mass is 10.1. The van der Waals surface area contributed by atoms with Gasteiger partial charge in [-0.25, -0.2) is 14.8 Å². The molecule has 0 saturated heterocycles. The second kappa shape index (κ2) is 5.97. The maximum absolute atomic E-state index is 11.3. The van der Waals surface area contributed by atoms with Crippen molar-refractivity contribution in [2.75, 3.05) is 25.2 Å². The zero-order valence-corrected chi connectivity index (χ0v) is 11.2. The monoisotopic (exact) mass is 265 g/mol. The first-order valence-electron chi connectivity index (χ1n) is 6.44. The molecule has 6 nitrogen and oxygen atoms in total. The van der Waals surface area contributed by atoms with Crippen molar-refractivity contribution in [1.29, 1.82) is 0 Å². The number of aromatic carboxylic acids is 1. The average molecular weight is 265 g/mol. The third-order valence-corrected chi connectivity index (χ3v) is 3.53. The van der Waals surface area contributed by atoms with Crippen LogP contribution in [0.25, 0.3) is 0 Å². The van der Waals surface area contributed by atoms with E-state index in [2.05, 4.69) is 16.9 Å². The Bertz CT molecular complexity index is 449. The fourth-order valence-electron chi connectivity index (χ4n) is 2.23. The predicted molar refractivity (Wildman–Crippen MR) is 70.4 cm³/mol. The Kier molecular flexibility index (Phi) is 4.31. The number of ether oxygens (including phenoxy) is 1. The SMILES string of the molecule is COCCN(c1ncncc1C(=O)O)C(C)C1CC1. The van der Waals surface area contributed by atoms with E-state index in [0.717, 1.165) is 0 Å². The van der Waals surface area contributed by atoms with Crippen LogP contribution in [0.3, 0.4) is 0 Å². The Labute approximate surface area is 112 Å². The van der Waals surface area contributed by atoms with Gasteiger partial charge in [0.25, 0.3) is 0 Å². The van der Waals surface area contributed by atoms with E-state index in [0.29, 0.717) is 24.9 Å². The van der Waals surface area contributed by atoms with Crippen LogP contribution in [0.15, 0.2) is 12.5 Å². The Morgan fingerprint density at radius 2 is 2.37 bits per heavy atom. The van der Waals surface area contributed by atoms with Crippen LogP contribution in [0.1, 0.15) is 30.1 Å². The number of rotatable bonds is 7. The maximum Gasteiger partial charge on any atom is 0.341 e. The van der Waals surface area contributed by atoms with Gasteiger partial charge in [-0.2, -0.15) is 0 Å². The maximum atomic E-state index is 11.3. The van der Waals surface area contributed by atoms with E-state index in [1.807, 2.05) is 4.90 Å². The molecule has 1 aromatic rings. The zero-order chi connectivity index (χ0) is 13.8. The fraction of sp³-hybridized carbons (Fsp3) is 0.615. The number of carbonyl (C=O) groups is 1. The first-order chi connectivity index (χ1) is 9.15. The number of aromatic nitrogens is 2. The predicted octanol–water partition coefficient (Wildman–Crippen LogP) is 1.43. The van der Waals surface area contributed by atoms with E-state index in [1.165, 1.54) is 25.4 Å². The van der Waals surface area contributed by atoms with Crippen LogP contribution in [-0.2, 0) is 4.74 Å². The van der Waals surface area contributed by atoms with Gasteiger partial charge in [-0.3, -0.25) is 0 Å². The molecular formula is C13H19N3O3. The van der Waals surface area contributed by atoms with Crippen LogP contribution in [-0.4, -0.2) is 47.3 Å². The summed E-state index contributed by atoms with van der Waals surface area (Å²) in [6, 6.07) is 0.267. The molecule has 0 spiro atoms. The molecule has 0 radical (unpaired) electrons. The van der Waals surface area contributed by atoms with Crippen molar-refractivity contribution in [3.63, 3.8) is 0 Å². The molecule has 104 valence electrons. The van der Waals surface area contributed by atoms with Crippen molar-refractivity contribution in [2.24, 2.45) is 5.92 Å². The van der Waals surface area contributed by atoms with E-state index in [9.17, 15) is 9.90 Å². The molecule has 0 amide bonds. The number of hydrogen-bond donors (Lipinski definition) is 1. The summed E-state index contributed by atoms with van der Waals surface area (Å²) in [5.74, 6) is 0.105. The molecular weight excluding hydrogens is 246 g/mol. The zero-order valence-electron chi connectivity index (χ0n) is 11.2. The molecule has 1 fully saturated rings. The van der Waals surface area contributed by atoms with E-state index in [4.69, 9.17) is 4.74 Å². The van der Waals surface area contributed by atoms with Gasteiger partial charge < -0.3 is 14.7 Å². The highest BCUT2D eigenvalue weighted by molar-refractivity contribution is 5.92.